The van der Waals surface area contributed by atoms with Gasteiger partial charge in [0.15, 0.2) is 10.1 Å². The number of nitrogens with one attached hydrogen (secondary N) is 2. The van der Waals surface area contributed by atoms with Crippen molar-refractivity contribution in [2.45, 2.75) is 0 Å². The van der Waals surface area contributed by atoms with Crippen molar-refractivity contribution in [3.63, 3.8) is 0 Å². The number of hydrogen-bond donors (Lipinski definition) is 2. The summed E-state index contributed by atoms with van der Waals surface area (Å²) in [5.41, 5.74) is 1.02. The van der Waals surface area contributed by atoms with Gasteiger partial charge >= 0.3 is 17.3 Å². The van der Waals surface area contributed by atoms with Crippen LogP contribution in [0, 0.1) is 40.5 Å². The Hall–Kier alpha value is -3.59. The zero-order valence-electron chi connectivity index (χ0n) is 8.45. The second kappa shape index (κ2) is 4.73. The fraction of sp³-hybridized carbons (Fsp3) is 0. The fourth-order valence-corrected chi connectivity index (χ4v) is 1.03. The van der Waals surface area contributed by atoms with E-state index < -0.39 is 37.2 Å². The van der Waals surface area contributed by atoms with Crippen LogP contribution in [-0.2, 0) is 0 Å². The summed E-state index contributed by atoms with van der Waals surface area (Å²) in [5.74, 6) is -2.57. The van der Waals surface area contributed by atoms with Gasteiger partial charge in [0.1, 0.15) is 0 Å². The van der Waals surface area contributed by atoms with Crippen molar-refractivity contribution >= 4 is 17.3 Å². The zero-order valence-corrected chi connectivity index (χ0v) is 8.45. The third kappa shape index (κ3) is 2.75. The van der Waals surface area contributed by atoms with Crippen molar-refractivity contribution in [3.05, 3.63) is 40.5 Å². The predicted molar refractivity (Wildman–Crippen MR) is 52.5 cm³/mol. The number of hydrazine groups is 2. The largest absolute Gasteiger partial charge is 0.499 e. The minimum absolute atomic E-state index is 0.0981. The van der Waals surface area contributed by atoms with Crippen LogP contribution in [-0.4, -0.2) is 29.8 Å². The van der Waals surface area contributed by atoms with E-state index in [1.807, 2.05) is 0 Å². The standard InChI is InChI=1S/C3H2N8O8/c12-8(13)1-2(5-10(16)17)7(6-11(18)19)4-3(1)9(14)15/h5-6H. The monoisotopic (exact) mass is 278 g/mol. The van der Waals surface area contributed by atoms with Crippen LogP contribution in [0.2, 0.25) is 0 Å². The SMILES string of the molecule is O=[N+]([O-])Nc1c([N+](=O)[O-])c([N+](=O)[O-])nn1N[N+](=O)[O-]. The Kier molecular flexibility index (Phi) is 3.35. The number of hydrogen-bond acceptors (Lipinski definition) is 9. The van der Waals surface area contributed by atoms with E-state index in [4.69, 9.17) is 0 Å². The van der Waals surface area contributed by atoms with Crippen LogP contribution >= 0.6 is 0 Å². The smallest absolute Gasteiger partial charge is 0.358 e. The lowest BCUT2D eigenvalue weighted by Gasteiger charge is -1.94. The Bertz CT molecular complexity index is 575. The maximum absolute atomic E-state index is 10.6. The molecular weight excluding hydrogens is 276 g/mol. The molecule has 0 aromatic carbocycles. The predicted octanol–water partition coefficient (Wildman–Crippen LogP) is -0.962. The van der Waals surface area contributed by atoms with Gasteiger partial charge in [0, 0.05) is 0 Å². The summed E-state index contributed by atoms with van der Waals surface area (Å²) >= 11 is 0. The first kappa shape index (κ1) is 13.5. The summed E-state index contributed by atoms with van der Waals surface area (Å²) in [4.78, 5) is 38.7. The van der Waals surface area contributed by atoms with E-state index in [1.54, 1.807) is 0 Å². The normalized spacial score (nSPS) is 9.68. The van der Waals surface area contributed by atoms with Crippen molar-refractivity contribution in [1.29, 1.82) is 0 Å². The molecule has 1 aromatic heterocycles. The van der Waals surface area contributed by atoms with Gasteiger partial charge in [-0.15, -0.1) is 0 Å². The topological polar surface area (TPSA) is 214 Å². The number of nitrogens with zero attached hydrogens (tertiary/aromatic N) is 6. The molecule has 0 spiro atoms. The highest BCUT2D eigenvalue weighted by Gasteiger charge is 2.45. The van der Waals surface area contributed by atoms with Gasteiger partial charge in [0.25, 0.3) is 0 Å². The average Bonchev–Trinajstić information content (AvgIpc) is 2.55. The van der Waals surface area contributed by atoms with Crippen molar-refractivity contribution in [3.8, 4) is 0 Å². The molecule has 2 N–H and O–H groups in total. The van der Waals surface area contributed by atoms with E-state index in [2.05, 4.69) is 5.10 Å². The highest BCUT2D eigenvalue weighted by molar-refractivity contribution is 5.65. The Morgan fingerprint density at radius 2 is 1.53 bits per heavy atom. The summed E-state index contributed by atoms with van der Waals surface area (Å²) < 4.78 is 0. The third-order valence-electron chi connectivity index (χ3n) is 1.57. The van der Waals surface area contributed by atoms with E-state index in [-0.39, 0.29) is 4.79 Å². The minimum Gasteiger partial charge on any atom is -0.358 e. The molecule has 1 heterocycles. The van der Waals surface area contributed by atoms with Crippen molar-refractivity contribution < 1.29 is 19.9 Å². The van der Waals surface area contributed by atoms with Gasteiger partial charge in [-0.3, -0.25) is 10.1 Å². The van der Waals surface area contributed by atoms with Crippen LogP contribution in [0.4, 0.5) is 17.3 Å². The lowest BCUT2D eigenvalue weighted by molar-refractivity contribution is -0.466. The molecule has 0 aliphatic heterocycles. The Morgan fingerprint density at radius 1 is 0.947 bits per heavy atom. The van der Waals surface area contributed by atoms with Crippen molar-refractivity contribution in [2.24, 2.45) is 0 Å². The number of anilines is 1. The summed E-state index contributed by atoms with van der Waals surface area (Å²) in [5, 5.41) is 41.8. The van der Waals surface area contributed by atoms with Crippen molar-refractivity contribution in [1.82, 2.24) is 9.89 Å². The Labute approximate surface area is 99.7 Å². The summed E-state index contributed by atoms with van der Waals surface area (Å²) in [6.07, 6.45) is 0. The molecule has 0 amide bonds. The second-order valence-corrected chi connectivity index (χ2v) is 2.67. The minimum atomic E-state index is -1.40. The van der Waals surface area contributed by atoms with Crippen LogP contribution in [0.3, 0.4) is 0 Å². The number of nitro groups is 4. The molecule has 0 aliphatic carbocycles. The maximum atomic E-state index is 10.6. The van der Waals surface area contributed by atoms with Crippen molar-refractivity contribution in [2.75, 3.05) is 11.0 Å². The van der Waals surface area contributed by atoms with Crippen LogP contribution in [0.15, 0.2) is 0 Å². The molecule has 16 heteroatoms. The average molecular weight is 278 g/mol. The maximum Gasteiger partial charge on any atom is 0.499 e. The highest BCUT2D eigenvalue weighted by Crippen LogP contribution is 2.33. The molecule has 0 fully saturated rings. The van der Waals surface area contributed by atoms with E-state index in [1.165, 1.54) is 11.0 Å². The van der Waals surface area contributed by atoms with Gasteiger partial charge in [-0.05, 0) is 10.5 Å². The van der Waals surface area contributed by atoms with Gasteiger partial charge in [-0.1, -0.05) is 5.43 Å². The highest BCUT2D eigenvalue weighted by atomic mass is 16.7. The van der Waals surface area contributed by atoms with Gasteiger partial charge < -0.3 is 20.2 Å². The van der Waals surface area contributed by atoms with Crippen LogP contribution in [0.1, 0.15) is 0 Å². The van der Waals surface area contributed by atoms with Crippen LogP contribution < -0.4 is 11.0 Å². The molecule has 0 aliphatic rings. The summed E-state index contributed by atoms with van der Waals surface area (Å²) in [7, 11) is 0. The summed E-state index contributed by atoms with van der Waals surface area (Å²) in [6.45, 7) is 0. The zero-order chi connectivity index (χ0) is 14.7. The second-order valence-electron chi connectivity index (χ2n) is 2.67. The first-order chi connectivity index (χ1) is 8.73. The van der Waals surface area contributed by atoms with E-state index >= 15 is 0 Å². The van der Waals surface area contributed by atoms with Gasteiger partial charge in [-0.2, -0.15) is 0 Å². The molecule has 0 radical (unpaired) electrons. The van der Waals surface area contributed by atoms with E-state index in [9.17, 15) is 40.5 Å². The first-order valence-electron chi connectivity index (χ1n) is 3.98. The fourth-order valence-electron chi connectivity index (χ4n) is 1.03. The van der Waals surface area contributed by atoms with E-state index in [0.717, 1.165) is 0 Å². The van der Waals surface area contributed by atoms with Crippen LogP contribution in [0.5, 0.6) is 0 Å². The summed E-state index contributed by atoms with van der Waals surface area (Å²) in [6, 6.07) is 0. The number of aromatic nitrogens is 2. The molecule has 0 unspecified atom stereocenters. The first-order valence-corrected chi connectivity index (χ1v) is 3.98. The quantitative estimate of drug-likeness (QED) is 0.476. The molecule has 1 rings (SSSR count). The van der Waals surface area contributed by atoms with Gasteiger partial charge in [0.2, 0.25) is 0 Å². The van der Waals surface area contributed by atoms with Gasteiger partial charge in [0.05, 0.1) is 14.7 Å². The molecule has 0 atom stereocenters. The molecule has 0 saturated heterocycles. The number of rotatable bonds is 6. The molecule has 0 saturated carbocycles. The van der Waals surface area contributed by atoms with Crippen LogP contribution in [0.25, 0.3) is 0 Å². The molecule has 1 aromatic rings. The Morgan fingerprint density at radius 3 is 1.89 bits per heavy atom. The molecule has 0 bridgehead atoms. The lowest BCUT2D eigenvalue weighted by atomic mass is 10.5. The lowest BCUT2D eigenvalue weighted by Crippen LogP contribution is -2.25. The molecule has 16 nitrogen and oxygen atoms in total. The van der Waals surface area contributed by atoms with E-state index in [0.29, 0.717) is 0 Å². The van der Waals surface area contributed by atoms with Gasteiger partial charge in [-0.25, -0.2) is 10.1 Å². The molecular formula is C3H2N8O8. The third-order valence-corrected chi connectivity index (χ3v) is 1.57. The molecule has 102 valence electrons. The Balaban J connectivity index is 3.49. The molecule has 19 heavy (non-hydrogen) atoms.